The van der Waals surface area contributed by atoms with Gasteiger partial charge in [0.25, 0.3) is 0 Å². The molecule has 3 aliphatic rings. The summed E-state index contributed by atoms with van der Waals surface area (Å²) in [6.45, 7) is 3.64. The lowest BCUT2D eigenvalue weighted by atomic mass is 10.0. The summed E-state index contributed by atoms with van der Waals surface area (Å²) in [7, 11) is 0. The van der Waals surface area contributed by atoms with Gasteiger partial charge >= 0.3 is 0 Å². The van der Waals surface area contributed by atoms with Gasteiger partial charge in [0, 0.05) is 25.7 Å². The molecule has 0 saturated heterocycles. The van der Waals surface area contributed by atoms with Crippen molar-refractivity contribution >= 4 is 0 Å². The summed E-state index contributed by atoms with van der Waals surface area (Å²) in [6, 6.07) is 0.870. The van der Waals surface area contributed by atoms with Gasteiger partial charge < -0.3 is 10.6 Å². The molecule has 3 aliphatic carbocycles. The van der Waals surface area contributed by atoms with Gasteiger partial charge in [-0.05, 0) is 49.9 Å². The van der Waals surface area contributed by atoms with Crippen molar-refractivity contribution in [3.63, 3.8) is 0 Å². The summed E-state index contributed by atoms with van der Waals surface area (Å²) in [5.74, 6) is 1.10. The molecule has 0 spiro atoms. The van der Waals surface area contributed by atoms with Crippen molar-refractivity contribution in [1.82, 2.24) is 10.6 Å². The Labute approximate surface area is 86.8 Å². The summed E-state index contributed by atoms with van der Waals surface area (Å²) < 4.78 is 0. The molecule has 2 N–H and O–H groups in total. The molecule has 0 aliphatic heterocycles. The maximum atomic E-state index is 3.63. The Hall–Kier alpha value is -0.0800. The minimum Gasteiger partial charge on any atom is -0.315 e. The second kappa shape index (κ2) is 3.49. The lowest BCUT2D eigenvalue weighted by molar-refractivity contribution is 0.403. The van der Waals surface area contributed by atoms with Gasteiger partial charge in [0.2, 0.25) is 0 Å². The van der Waals surface area contributed by atoms with Gasteiger partial charge in [0.05, 0.1) is 0 Å². The number of nitrogens with one attached hydrogen (secondary N) is 2. The zero-order valence-electron chi connectivity index (χ0n) is 9.02. The minimum atomic E-state index is 0.777. The molecule has 3 rings (SSSR count). The third-order valence-corrected chi connectivity index (χ3v) is 4.12. The fourth-order valence-corrected chi connectivity index (χ4v) is 2.58. The Morgan fingerprint density at radius 1 is 1.00 bits per heavy atom. The lowest BCUT2D eigenvalue weighted by Crippen LogP contribution is -2.32. The molecule has 0 aromatic rings. The van der Waals surface area contributed by atoms with Gasteiger partial charge in [-0.15, -0.1) is 0 Å². The smallest absolute Gasteiger partial charge is 0.00793 e. The van der Waals surface area contributed by atoms with Crippen LogP contribution in [0.5, 0.6) is 0 Å². The van der Waals surface area contributed by atoms with Crippen LogP contribution < -0.4 is 10.6 Å². The number of rotatable bonds is 7. The minimum absolute atomic E-state index is 0.777. The molecule has 0 bridgehead atoms. The highest BCUT2D eigenvalue weighted by molar-refractivity contribution is 5.05. The summed E-state index contributed by atoms with van der Waals surface area (Å²) in [5, 5.41) is 7.18. The molecule has 0 heterocycles. The first-order valence-corrected chi connectivity index (χ1v) is 6.33. The fraction of sp³-hybridized carbons (Fsp3) is 1.00. The van der Waals surface area contributed by atoms with Crippen molar-refractivity contribution in [2.75, 3.05) is 19.6 Å². The van der Waals surface area contributed by atoms with E-state index in [9.17, 15) is 0 Å². The van der Waals surface area contributed by atoms with Gasteiger partial charge in [-0.3, -0.25) is 0 Å². The quantitative estimate of drug-likeness (QED) is 0.600. The van der Waals surface area contributed by atoms with E-state index in [2.05, 4.69) is 10.6 Å². The van der Waals surface area contributed by atoms with Crippen molar-refractivity contribution < 1.29 is 0 Å². The SMILES string of the molecule is C(CNC1CC1)NCC1(C2CC2)CC1. The van der Waals surface area contributed by atoms with E-state index in [1.165, 1.54) is 58.2 Å². The highest BCUT2D eigenvalue weighted by Gasteiger charge is 2.52. The van der Waals surface area contributed by atoms with Crippen molar-refractivity contribution in [3.8, 4) is 0 Å². The van der Waals surface area contributed by atoms with Crippen LogP contribution in [-0.4, -0.2) is 25.7 Å². The first-order valence-electron chi connectivity index (χ1n) is 6.33. The third kappa shape index (κ3) is 2.12. The Balaban J connectivity index is 1.26. The van der Waals surface area contributed by atoms with E-state index < -0.39 is 0 Å². The van der Waals surface area contributed by atoms with E-state index in [-0.39, 0.29) is 0 Å². The van der Waals surface area contributed by atoms with E-state index in [1.54, 1.807) is 0 Å². The standard InChI is InChI=1S/C12H22N2/c1-2-10(1)12(5-6-12)9-13-7-8-14-11-3-4-11/h10-11,13-14H,1-9H2. The van der Waals surface area contributed by atoms with Crippen LogP contribution in [-0.2, 0) is 0 Å². The molecule has 0 amide bonds. The molecule has 14 heavy (non-hydrogen) atoms. The van der Waals surface area contributed by atoms with E-state index in [0.29, 0.717) is 0 Å². The molecule has 0 aromatic heterocycles. The second-order valence-electron chi connectivity index (χ2n) is 5.54. The predicted octanol–water partition coefficient (Wildman–Crippen LogP) is 1.52. The van der Waals surface area contributed by atoms with E-state index >= 15 is 0 Å². The summed E-state index contributed by atoms with van der Waals surface area (Å²) in [4.78, 5) is 0. The number of hydrogen-bond acceptors (Lipinski definition) is 2. The Bertz CT molecular complexity index is 202. The first kappa shape index (κ1) is 9.17. The number of hydrogen-bond donors (Lipinski definition) is 2. The maximum absolute atomic E-state index is 3.63. The van der Waals surface area contributed by atoms with Crippen LogP contribution in [0.1, 0.15) is 38.5 Å². The average molecular weight is 194 g/mol. The van der Waals surface area contributed by atoms with Crippen molar-refractivity contribution in [1.29, 1.82) is 0 Å². The van der Waals surface area contributed by atoms with Crippen LogP contribution in [0.15, 0.2) is 0 Å². The summed E-state index contributed by atoms with van der Waals surface area (Å²) >= 11 is 0. The van der Waals surface area contributed by atoms with Crippen molar-refractivity contribution in [2.45, 2.75) is 44.6 Å². The van der Waals surface area contributed by atoms with Gasteiger partial charge in [0.1, 0.15) is 0 Å². The molecule has 2 heteroatoms. The predicted molar refractivity (Wildman–Crippen MR) is 58.3 cm³/mol. The van der Waals surface area contributed by atoms with Crippen LogP contribution >= 0.6 is 0 Å². The van der Waals surface area contributed by atoms with Crippen LogP contribution in [0.2, 0.25) is 0 Å². The fourth-order valence-electron chi connectivity index (χ4n) is 2.58. The molecule has 0 unspecified atom stereocenters. The largest absolute Gasteiger partial charge is 0.315 e. The first-order chi connectivity index (χ1) is 6.89. The van der Waals surface area contributed by atoms with Crippen LogP contribution in [0.3, 0.4) is 0 Å². The maximum Gasteiger partial charge on any atom is 0.00793 e. The van der Waals surface area contributed by atoms with Gasteiger partial charge in [-0.2, -0.15) is 0 Å². The molecular formula is C12H22N2. The highest BCUT2D eigenvalue weighted by atomic mass is 15.0. The van der Waals surface area contributed by atoms with Crippen LogP contribution in [0.4, 0.5) is 0 Å². The van der Waals surface area contributed by atoms with Crippen molar-refractivity contribution in [3.05, 3.63) is 0 Å². The van der Waals surface area contributed by atoms with Crippen LogP contribution in [0.25, 0.3) is 0 Å². The normalized spacial score (nSPS) is 29.1. The molecule has 0 aromatic carbocycles. The zero-order chi connectivity index (χ0) is 9.43. The van der Waals surface area contributed by atoms with Gasteiger partial charge in [-0.1, -0.05) is 0 Å². The van der Waals surface area contributed by atoms with E-state index in [1.807, 2.05) is 0 Å². The second-order valence-corrected chi connectivity index (χ2v) is 5.54. The van der Waals surface area contributed by atoms with E-state index in [4.69, 9.17) is 0 Å². The Morgan fingerprint density at radius 2 is 1.79 bits per heavy atom. The highest BCUT2D eigenvalue weighted by Crippen LogP contribution is 2.60. The molecule has 3 saturated carbocycles. The summed E-state index contributed by atoms with van der Waals surface area (Å²) in [5.41, 5.74) is 0.777. The lowest BCUT2D eigenvalue weighted by Gasteiger charge is -2.14. The zero-order valence-corrected chi connectivity index (χ0v) is 9.02. The monoisotopic (exact) mass is 194 g/mol. The summed E-state index contributed by atoms with van der Waals surface area (Å²) in [6.07, 6.45) is 8.85. The Morgan fingerprint density at radius 3 is 2.36 bits per heavy atom. The van der Waals surface area contributed by atoms with Gasteiger partial charge in [-0.25, -0.2) is 0 Å². The molecule has 2 nitrogen and oxygen atoms in total. The topological polar surface area (TPSA) is 24.1 Å². The van der Waals surface area contributed by atoms with Crippen molar-refractivity contribution in [2.24, 2.45) is 11.3 Å². The third-order valence-electron chi connectivity index (χ3n) is 4.12. The molecule has 0 atom stereocenters. The van der Waals surface area contributed by atoms with Crippen LogP contribution in [0, 0.1) is 11.3 Å². The molecule has 3 fully saturated rings. The molecule has 0 radical (unpaired) electrons. The Kier molecular flexibility index (Phi) is 2.29. The molecular weight excluding hydrogens is 172 g/mol. The molecule has 80 valence electrons. The van der Waals surface area contributed by atoms with E-state index in [0.717, 1.165) is 17.4 Å². The average Bonchev–Trinajstić information content (AvgIpc) is 2.95. The van der Waals surface area contributed by atoms with Gasteiger partial charge in [0.15, 0.2) is 0 Å².